The van der Waals surface area contributed by atoms with Crippen molar-refractivity contribution in [3.05, 3.63) is 59.9 Å². The number of amides is 1. The molecule has 0 saturated carbocycles. The molecule has 2 rings (SSSR count). The number of nitrogens with zero attached hydrogens (tertiary/aromatic N) is 2. The lowest BCUT2D eigenvalue weighted by atomic mass is 10.2. The summed E-state index contributed by atoms with van der Waals surface area (Å²) in [4.78, 5) is 18.3. The van der Waals surface area contributed by atoms with Crippen LogP contribution in [-0.2, 0) is 6.54 Å². The number of aromatic nitrogens is 1. The van der Waals surface area contributed by atoms with E-state index in [1.54, 1.807) is 24.3 Å². The van der Waals surface area contributed by atoms with Gasteiger partial charge in [-0.05, 0) is 25.5 Å². The number of hydrogen-bond donors (Lipinski definition) is 1. The molecule has 0 bridgehead atoms. The lowest BCUT2D eigenvalue weighted by Crippen LogP contribution is -2.26. The molecule has 21 heavy (non-hydrogen) atoms. The molecule has 1 amide bonds. The van der Waals surface area contributed by atoms with E-state index in [1.165, 1.54) is 0 Å². The third kappa shape index (κ3) is 4.31. The Morgan fingerprint density at radius 2 is 1.95 bits per heavy atom. The minimum Gasteiger partial charge on any atom is -0.382 e. The van der Waals surface area contributed by atoms with Gasteiger partial charge in [0.15, 0.2) is 0 Å². The molecule has 1 N–H and O–H groups in total. The van der Waals surface area contributed by atoms with Gasteiger partial charge in [-0.3, -0.25) is 9.78 Å². The third-order valence-corrected chi connectivity index (χ3v) is 3.05. The number of carbonyl (C=O) groups is 1. The van der Waals surface area contributed by atoms with E-state index in [0.29, 0.717) is 18.2 Å². The molecule has 1 aromatic heterocycles. The molecule has 0 spiro atoms. The summed E-state index contributed by atoms with van der Waals surface area (Å²) in [6, 6.07) is 12.1. The van der Waals surface area contributed by atoms with E-state index in [4.69, 9.17) is 0 Å². The fraction of sp³-hybridized carbons (Fsp3) is 0.294. The Kier molecular flexibility index (Phi) is 4.93. The molecule has 1 aromatic carbocycles. The lowest BCUT2D eigenvalue weighted by Gasteiger charge is -2.18. The second-order valence-corrected chi connectivity index (χ2v) is 5.41. The summed E-state index contributed by atoms with van der Waals surface area (Å²) in [6.07, 6.45) is 3.34. The van der Waals surface area contributed by atoms with E-state index in [0.717, 1.165) is 11.3 Å². The van der Waals surface area contributed by atoms with Crippen molar-refractivity contribution >= 4 is 11.6 Å². The molecule has 4 nitrogen and oxygen atoms in total. The van der Waals surface area contributed by atoms with Crippen molar-refractivity contribution in [2.75, 3.05) is 12.4 Å². The number of hydrogen-bond acceptors (Lipinski definition) is 3. The van der Waals surface area contributed by atoms with Gasteiger partial charge in [-0.25, -0.2) is 0 Å². The van der Waals surface area contributed by atoms with Gasteiger partial charge < -0.3 is 10.2 Å². The average Bonchev–Trinajstić information content (AvgIpc) is 2.47. The van der Waals surface area contributed by atoms with Crippen LogP contribution >= 0.6 is 0 Å². The number of anilines is 1. The first-order valence-corrected chi connectivity index (χ1v) is 7.07. The van der Waals surface area contributed by atoms with E-state index >= 15 is 0 Å². The first-order chi connectivity index (χ1) is 10.1. The Hall–Kier alpha value is -2.36. The minimum atomic E-state index is -0.0289. The molecule has 0 radical (unpaired) electrons. The number of nitrogens with one attached hydrogen (secondary N) is 1. The predicted octanol–water partition coefficient (Wildman–Crippen LogP) is 3.17. The normalized spacial score (nSPS) is 10.5. The van der Waals surface area contributed by atoms with Crippen molar-refractivity contribution in [3.8, 4) is 0 Å². The van der Waals surface area contributed by atoms with E-state index in [2.05, 4.69) is 24.1 Å². The fourth-order valence-corrected chi connectivity index (χ4v) is 2.12. The van der Waals surface area contributed by atoms with Gasteiger partial charge in [0.25, 0.3) is 5.91 Å². The van der Waals surface area contributed by atoms with Gasteiger partial charge in [0.1, 0.15) is 0 Å². The summed E-state index contributed by atoms with van der Waals surface area (Å²) in [7, 11) is 1.80. The minimum absolute atomic E-state index is 0.0289. The van der Waals surface area contributed by atoms with E-state index in [-0.39, 0.29) is 5.91 Å². The smallest absolute Gasteiger partial charge is 0.255 e. The average molecular weight is 283 g/mol. The Balaban J connectivity index is 2.08. The van der Waals surface area contributed by atoms with Gasteiger partial charge in [-0.15, -0.1) is 0 Å². The molecule has 0 unspecified atom stereocenters. The summed E-state index contributed by atoms with van der Waals surface area (Å²) < 4.78 is 0. The van der Waals surface area contributed by atoms with Crippen LogP contribution in [0, 0.1) is 0 Å². The standard InChI is InChI=1S/C17H21N3O/c1-13(2)19-16-9-15(10-18-11-16)17(21)20(3)12-14-7-5-4-6-8-14/h4-11,13,19H,12H2,1-3H3. The molecular weight excluding hydrogens is 262 g/mol. The molecule has 1 heterocycles. The summed E-state index contributed by atoms with van der Waals surface area (Å²) in [6.45, 7) is 4.69. The third-order valence-electron chi connectivity index (χ3n) is 3.05. The first kappa shape index (κ1) is 15.0. The van der Waals surface area contributed by atoms with Gasteiger partial charge in [-0.2, -0.15) is 0 Å². The van der Waals surface area contributed by atoms with Gasteiger partial charge >= 0.3 is 0 Å². The molecule has 110 valence electrons. The maximum absolute atomic E-state index is 12.4. The van der Waals surface area contributed by atoms with Gasteiger partial charge in [0.2, 0.25) is 0 Å². The quantitative estimate of drug-likeness (QED) is 0.916. The van der Waals surface area contributed by atoms with E-state index in [1.807, 2.05) is 36.4 Å². The zero-order chi connectivity index (χ0) is 15.2. The van der Waals surface area contributed by atoms with E-state index in [9.17, 15) is 4.79 Å². The van der Waals surface area contributed by atoms with Crippen molar-refractivity contribution in [3.63, 3.8) is 0 Å². The maximum Gasteiger partial charge on any atom is 0.255 e. The number of carbonyl (C=O) groups excluding carboxylic acids is 1. The zero-order valence-corrected chi connectivity index (χ0v) is 12.7. The summed E-state index contributed by atoms with van der Waals surface area (Å²) in [5, 5.41) is 3.26. The molecule has 0 atom stereocenters. The number of rotatable bonds is 5. The fourth-order valence-electron chi connectivity index (χ4n) is 2.12. The van der Waals surface area contributed by atoms with Crippen LogP contribution in [-0.4, -0.2) is 28.9 Å². The van der Waals surface area contributed by atoms with Gasteiger partial charge in [-0.1, -0.05) is 30.3 Å². The Morgan fingerprint density at radius 1 is 1.24 bits per heavy atom. The molecule has 0 fully saturated rings. The van der Waals surface area contributed by atoms with Gasteiger partial charge in [0.05, 0.1) is 11.3 Å². The molecule has 0 aliphatic rings. The van der Waals surface area contributed by atoms with Crippen molar-refractivity contribution < 1.29 is 4.79 Å². The summed E-state index contributed by atoms with van der Waals surface area (Å²) in [5.41, 5.74) is 2.57. The monoisotopic (exact) mass is 283 g/mol. The van der Waals surface area contributed by atoms with Crippen molar-refractivity contribution in [1.82, 2.24) is 9.88 Å². The molecule has 4 heteroatoms. The summed E-state index contributed by atoms with van der Waals surface area (Å²) >= 11 is 0. The Morgan fingerprint density at radius 3 is 2.62 bits per heavy atom. The highest BCUT2D eigenvalue weighted by atomic mass is 16.2. The Labute approximate surface area is 125 Å². The molecule has 0 aliphatic carbocycles. The first-order valence-electron chi connectivity index (χ1n) is 7.07. The lowest BCUT2D eigenvalue weighted by molar-refractivity contribution is 0.0784. The second-order valence-electron chi connectivity index (χ2n) is 5.41. The van der Waals surface area contributed by atoms with Crippen LogP contribution in [0.4, 0.5) is 5.69 Å². The highest BCUT2D eigenvalue weighted by molar-refractivity contribution is 5.94. The highest BCUT2D eigenvalue weighted by Crippen LogP contribution is 2.13. The van der Waals surface area contributed by atoms with Crippen LogP contribution in [0.3, 0.4) is 0 Å². The van der Waals surface area contributed by atoms with Crippen molar-refractivity contribution in [2.45, 2.75) is 26.4 Å². The van der Waals surface area contributed by atoms with Crippen LogP contribution in [0.15, 0.2) is 48.8 Å². The Bertz CT molecular complexity index is 596. The number of pyridine rings is 1. The zero-order valence-electron chi connectivity index (χ0n) is 12.7. The van der Waals surface area contributed by atoms with Crippen LogP contribution < -0.4 is 5.32 Å². The van der Waals surface area contributed by atoms with Crippen molar-refractivity contribution in [1.29, 1.82) is 0 Å². The molecule has 2 aromatic rings. The second kappa shape index (κ2) is 6.88. The largest absolute Gasteiger partial charge is 0.382 e. The van der Waals surface area contributed by atoms with E-state index < -0.39 is 0 Å². The molecule has 0 aliphatic heterocycles. The van der Waals surface area contributed by atoms with Crippen molar-refractivity contribution in [2.24, 2.45) is 0 Å². The SMILES string of the molecule is CC(C)Nc1cncc(C(=O)N(C)Cc2ccccc2)c1. The van der Waals surface area contributed by atoms with Crippen LogP contribution in [0.1, 0.15) is 29.8 Å². The van der Waals surface area contributed by atoms with Crippen LogP contribution in [0.2, 0.25) is 0 Å². The predicted molar refractivity (Wildman–Crippen MR) is 85.2 cm³/mol. The van der Waals surface area contributed by atoms with Gasteiger partial charge in [0, 0.05) is 32.0 Å². The summed E-state index contributed by atoms with van der Waals surface area (Å²) in [5.74, 6) is -0.0289. The number of benzene rings is 1. The topological polar surface area (TPSA) is 45.2 Å². The van der Waals surface area contributed by atoms with Crippen LogP contribution in [0.25, 0.3) is 0 Å². The molecule has 0 saturated heterocycles. The maximum atomic E-state index is 12.4. The van der Waals surface area contributed by atoms with Crippen LogP contribution in [0.5, 0.6) is 0 Å². The highest BCUT2D eigenvalue weighted by Gasteiger charge is 2.13. The molecular formula is C17H21N3O.